The highest BCUT2D eigenvalue weighted by molar-refractivity contribution is 7.92. The van der Waals surface area contributed by atoms with E-state index in [2.05, 4.69) is 0 Å². The maximum Gasteiger partial charge on any atom is 0.143 e. The predicted octanol–water partition coefficient (Wildman–Crippen LogP) is 2.23. The molecule has 2 unspecified atom stereocenters. The van der Waals surface area contributed by atoms with Gasteiger partial charge in [0, 0.05) is 0 Å². The number of halogens is 2. The van der Waals surface area contributed by atoms with E-state index in [0.717, 1.165) is 0 Å². The van der Waals surface area contributed by atoms with Gasteiger partial charge in [0.25, 0.3) is 0 Å². The van der Waals surface area contributed by atoms with Gasteiger partial charge in [0.2, 0.25) is 0 Å². The van der Waals surface area contributed by atoms with Crippen LogP contribution in [0.5, 0.6) is 0 Å². The van der Waals surface area contributed by atoms with E-state index < -0.39 is 35.0 Å². The van der Waals surface area contributed by atoms with Gasteiger partial charge >= 0.3 is 0 Å². The number of alkyl halides is 2. The average molecular weight is 198 g/mol. The predicted molar refractivity (Wildman–Crippen MR) is 48.3 cm³/mol. The molecule has 74 valence electrons. The normalized spacial score (nSPS) is 18.8. The van der Waals surface area contributed by atoms with Crippen molar-refractivity contribution in [2.24, 2.45) is 0 Å². The quantitative estimate of drug-likeness (QED) is 0.600. The Morgan fingerprint density at radius 2 is 1.42 bits per heavy atom. The van der Waals surface area contributed by atoms with Gasteiger partial charge in [-0.15, -0.1) is 0 Å². The van der Waals surface area contributed by atoms with Crippen molar-refractivity contribution in [1.29, 1.82) is 0 Å². The Morgan fingerprint density at radius 1 is 1.08 bits per heavy atom. The van der Waals surface area contributed by atoms with Gasteiger partial charge in [-0.25, -0.2) is 8.78 Å². The molecule has 0 N–H and O–H groups in total. The van der Waals surface area contributed by atoms with E-state index in [1.165, 1.54) is 0 Å². The lowest BCUT2D eigenvalue weighted by Crippen LogP contribution is -2.34. The van der Waals surface area contributed by atoms with E-state index in [1.807, 2.05) is 0 Å². The summed E-state index contributed by atoms with van der Waals surface area (Å²) in [6, 6.07) is 0. The summed E-state index contributed by atoms with van der Waals surface area (Å²) in [6.07, 6.45) is 1.03. The molecule has 1 nitrogen and oxygen atoms in total. The van der Waals surface area contributed by atoms with Crippen LogP contribution < -0.4 is 0 Å². The first kappa shape index (κ1) is 12.2. The molecule has 0 aromatic heterocycles. The third-order valence-electron chi connectivity index (χ3n) is 1.91. The molecule has 0 bridgehead atoms. The standard InChI is InChI=1S/C8H16F2OS/c1-3-7(5-9)12(11)8(4-2)6-10/h7-8H,3-6H2,1-2H3. The van der Waals surface area contributed by atoms with Crippen LogP contribution >= 0.6 is 0 Å². The topological polar surface area (TPSA) is 23.1 Å². The second kappa shape index (κ2) is 6.66. The van der Waals surface area contributed by atoms with Crippen LogP contribution in [0.3, 0.4) is 0 Å². The Labute approximate surface area is 75.7 Å². The molecule has 0 aliphatic carbocycles. The van der Waals surface area contributed by atoms with Crippen LogP contribution in [0, 0.1) is 0 Å². The minimum absolute atomic E-state index is 0.481. The summed E-state index contributed by atoms with van der Waals surface area (Å²) in [5, 5.41) is -0.962. The number of hydrogen-bond acceptors (Lipinski definition) is 1. The summed E-state index contributed by atoms with van der Waals surface area (Å²) in [6.45, 7) is 2.32. The summed E-state index contributed by atoms with van der Waals surface area (Å²) in [5.41, 5.74) is 0. The molecule has 0 spiro atoms. The van der Waals surface area contributed by atoms with Crippen LogP contribution in [-0.4, -0.2) is 28.4 Å². The van der Waals surface area contributed by atoms with Gasteiger partial charge in [0.1, 0.15) is 23.8 Å². The van der Waals surface area contributed by atoms with Gasteiger partial charge < -0.3 is 4.55 Å². The molecular weight excluding hydrogens is 182 g/mol. The Morgan fingerprint density at radius 3 is 1.58 bits per heavy atom. The Hall–Kier alpha value is 0.170. The molecule has 0 heterocycles. The number of rotatable bonds is 6. The molecule has 0 saturated carbocycles. The maximum absolute atomic E-state index is 12.2. The van der Waals surface area contributed by atoms with Crippen LogP contribution in [0.1, 0.15) is 26.7 Å². The van der Waals surface area contributed by atoms with Gasteiger partial charge in [-0.3, -0.25) is 0 Å². The monoisotopic (exact) mass is 198 g/mol. The van der Waals surface area contributed by atoms with Crippen molar-refractivity contribution in [3.8, 4) is 0 Å². The Bertz CT molecular complexity index is 93.2. The van der Waals surface area contributed by atoms with E-state index in [4.69, 9.17) is 0 Å². The van der Waals surface area contributed by atoms with Crippen LogP contribution in [0.4, 0.5) is 8.78 Å². The minimum atomic E-state index is -1.35. The lowest BCUT2D eigenvalue weighted by atomic mass is 10.3. The van der Waals surface area contributed by atoms with Gasteiger partial charge in [0.15, 0.2) is 0 Å². The van der Waals surface area contributed by atoms with Gasteiger partial charge in [-0.2, -0.15) is 0 Å². The summed E-state index contributed by atoms with van der Waals surface area (Å²) in [4.78, 5) is 0. The third-order valence-corrected chi connectivity index (χ3v) is 4.14. The molecule has 0 aliphatic rings. The summed E-state index contributed by atoms with van der Waals surface area (Å²) >= 11 is -1.35. The second-order valence-corrected chi connectivity index (χ2v) is 4.69. The molecule has 0 rings (SSSR count). The second-order valence-electron chi connectivity index (χ2n) is 2.70. The van der Waals surface area contributed by atoms with Crippen LogP contribution in [0.15, 0.2) is 0 Å². The van der Waals surface area contributed by atoms with E-state index in [0.29, 0.717) is 12.8 Å². The molecular formula is C8H16F2OS. The van der Waals surface area contributed by atoms with Crippen molar-refractivity contribution in [3.63, 3.8) is 0 Å². The first-order valence-electron chi connectivity index (χ1n) is 4.22. The highest BCUT2D eigenvalue weighted by Gasteiger charge is 2.28. The fourth-order valence-corrected chi connectivity index (χ4v) is 2.39. The van der Waals surface area contributed by atoms with Crippen molar-refractivity contribution in [2.75, 3.05) is 13.3 Å². The molecule has 0 aromatic carbocycles. The molecule has 0 aromatic rings. The van der Waals surface area contributed by atoms with E-state index in [1.54, 1.807) is 13.8 Å². The lowest BCUT2D eigenvalue weighted by Gasteiger charge is -2.23. The van der Waals surface area contributed by atoms with Crippen molar-refractivity contribution < 1.29 is 13.3 Å². The Kier molecular flexibility index (Phi) is 6.76. The number of hydrogen-bond donors (Lipinski definition) is 0. The van der Waals surface area contributed by atoms with Crippen molar-refractivity contribution in [1.82, 2.24) is 0 Å². The largest absolute Gasteiger partial charge is 0.616 e. The maximum atomic E-state index is 12.2. The SMILES string of the molecule is CCC(CF)[S+]([O-])C(CC)CF. The average Bonchev–Trinajstić information content (AvgIpc) is 2.09. The lowest BCUT2D eigenvalue weighted by molar-refractivity contribution is 0.431. The first-order valence-corrected chi connectivity index (χ1v) is 5.50. The fourth-order valence-electron chi connectivity index (χ4n) is 0.943. The molecule has 4 heteroatoms. The molecule has 12 heavy (non-hydrogen) atoms. The first-order chi connectivity index (χ1) is 5.71. The van der Waals surface area contributed by atoms with Crippen LogP contribution in [0.25, 0.3) is 0 Å². The van der Waals surface area contributed by atoms with Crippen molar-refractivity contribution >= 4 is 11.2 Å². The molecule has 0 fully saturated rings. The van der Waals surface area contributed by atoms with Gasteiger partial charge in [-0.05, 0) is 24.0 Å². The Balaban J connectivity index is 4.02. The summed E-state index contributed by atoms with van der Waals surface area (Å²) < 4.78 is 35.9. The van der Waals surface area contributed by atoms with Gasteiger partial charge in [0.05, 0.1) is 0 Å². The molecule has 0 aliphatic heterocycles. The van der Waals surface area contributed by atoms with Crippen LogP contribution in [0.2, 0.25) is 0 Å². The highest BCUT2D eigenvalue weighted by atomic mass is 32.2. The van der Waals surface area contributed by atoms with E-state index in [-0.39, 0.29) is 0 Å². The molecule has 0 radical (unpaired) electrons. The third kappa shape index (κ3) is 3.27. The van der Waals surface area contributed by atoms with Crippen molar-refractivity contribution in [2.45, 2.75) is 37.2 Å². The highest BCUT2D eigenvalue weighted by Crippen LogP contribution is 2.16. The van der Waals surface area contributed by atoms with E-state index in [9.17, 15) is 13.3 Å². The minimum Gasteiger partial charge on any atom is -0.616 e. The smallest absolute Gasteiger partial charge is 0.143 e. The zero-order valence-corrected chi connectivity index (χ0v) is 8.37. The molecule has 0 amide bonds. The molecule has 2 atom stereocenters. The zero-order valence-electron chi connectivity index (χ0n) is 7.56. The van der Waals surface area contributed by atoms with E-state index >= 15 is 0 Å². The van der Waals surface area contributed by atoms with Crippen LogP contribution in [-0.2, 0) is 11.2 Å². The zero-order chi connectivity index (χ0) is 9.56. The van der Waals surface area contributed by atoms with Crippen molar-refractivity contribution in [3.05, 3.63) is 0 Å². The summed E-state index contributed by atoms with van der Waals surface area (Å²) in [5.74, 6) is 0. The molecule has 0 saturated heterocycles. The van der Waals surface area contributed by atoms with Gasteiger partial charge in [-0.1, -0.05) is 13.8 Å². The summed E-state index contributed by atoms with van der Waals surface area (Å²) in [7, 11) is 0. The fraction of sp³-hybridized carbons (Fsp3) is 1.00.